The highest BCUT2D eigenvalue weighted by Crippen LogP contribution is 2.24. The highest BCUT2D eigenvalue weighted by Gasteiger charge is 2.27. The number of nitrogens with one attached hydrogen (secondary N) is 1. The Balaban J connectivity index is 2.08. The van der Waals surface area contributed by atoms with E-state index >= 15 is 0 Å². The van der Waals surface area contributed by atoms with Gasteiger partial charge in [0.1, 0.15) is 0 Å². The Morgan fingerprint density at radius 2 is 1.86 bits per heavy atom. The number of aromatic nitrogens is 3. The van der Waals surface area contributed by atoms with Crippen LogP contribution in [0.15, 0.2) is 0 Å². The number of anilines is 1. The van der Waals surface area contributed by atoms with Crippen LogP contribution in [0.25, 0.3) is 0 Å². The molecule has 7 heteroatoms. The van der Waals surface area contributed by atoms with Gasteiger partial charge < -0.3 is 19.7 Å². The number of hydrogen-bond acceptors (Lipinski definition) is 7. The summed E-state index contributed by atoms with van der Waals surface area (Å²) < 4.78 is 10.2. The fourth-order valence-corrected chi connectivity index (χ4v) is 2.49. The Bertz CT molecular complexity index is 433. The Morgan fingerprint density at radius 1 is 1.19 bits per heavy atom. The number of hydrogen-bond donors (Lipinski definition) is 1. The zero-order valence-corrected chi connectivity index (χ0v) is 13.3. The lowest BCUT2D eigenvalue weighted by Gasteiger charge is -2.25. The SMILES string of the molecule is COc1nc(OC)nc(N2CCCC2CNCC(C)C)n1. The van der Waals surface area contributed by atoms with E-state index in [4.69, 9.17) is 9.47 Å². The van der Waals surface area contributed by atoms with Crippen LogP contribution in [0.4, 0.5) is 5.95 Å². The maximum Gasteiger partial charge on any atom is 0.324 e. The second-order valence-electron chi connectivity index (χ2n) is 5.65. The quantitative estimate of drug-likeness (QED) is 0.807. The van der Waals surface area contributed by atoms with E-state index in [0.717, 1.165) is 32.5 Å². The van der Waals surface area contributed by atoms with Gasteiger partial charge in [-0.3, -0.25) is 0 Å². The lowest BCUT2D eigenvalue weighted by Crippen LogP contribution is -2.40. The minimum atomic E-state index is 0.289. The molecule has 21 heavy (non-hydrogen) atoms. The molecule has 2 rings (SSSR count). The third-order valence-corrected chi connectivity index (χ3v) is 3.51. The predicted molar refractivity (Wildman–Crippen MR) is 81.0 cm³/mol. The normalized spacial score (nSPS) is 18.3. The van der Waals surface area contributed by atoms with Crippen molar-refractivity contribution in [2.45, 2.75) is 32.7 Å². The molecule has 1 fully saturated rings. The van der Waals surface area contributed by atoms with E-state index in [9.17, 15) is 0 Å². The predicted octanol–water partition coefficient (Wildman–Crippen LogP) is 1.10. The van der Waals surface area contributed by atoms with Gasteiger partial charge >= 0.3 is 12.0 Å². The lowest BCUT2D eigenvalue weighted by molar-refractivity contribution is 0.339. The fraction of sp³-hybridized carbons (Fsp3) is 0.786. The van der Waals surface area contributed by atoms with Crippen molar-refractivity contribution >= 4 is 5.95 Å². The standard InChI is InChI=1S/C14H25N5O2/c1-10(2)8-15-9-11-6-5-7-19(11)12-16-13(20-3)18-14(17-12)21-4/h10-11,15H,5-9H2,1-4H3. The summed E-state index contributed by atoms with van der Waals surface area (Å²) in [5, 5.41) is 3.51. The van der Waals surface area contributed by atoms with E-state index in [-0.39, 0.29) is 12.0 Å². The summed E-state index contributed by atoms with van der Waals surface area (Å²) in [4.78, 5) is 14.9. The molecule has 0 amide bonds. The van der Waals surface area contributed by atoms with E-state index < -0.39 is 0 Å². The highest BCUT2D eigenvalue weighted by atomic mass is 16.5. The Morgan fingerprint density at radius 3 is 2.43 bits per heavy atom. The first-order valence-corrected chi connectivity index (χ1v) is 7.45. The van der Waals surface area contributed by atoms with Gasteiger partial charge in [-0.15, -0.1) is 4.98 Å². The van der Waals surface area contributed by atoms with Crippen LogP contribution in [0.5, 0.6) is 12.0 Å². The zero-order valence-electron chi connectivity index (χ0n) is 13.3. The van der Waals surface area contributed by atoms with Gasteiger partial charge in [0.05, 0.1) is 14.2 Å². The molecule has 2 heterocycles. The smallest absolute Gasteiger partial charge is 0.324 e. The molecule has 0 spiro atoms. The first-order chi connectivity index (χ1) is 10.1. The second-order valence-corrected chi connectivity index (χ2v) is 5.65. The average molecular weight is 295 g/mol. The molecule has 1 aromatic heterocycles. The van der Waals surface area contributed by atoms with Gasteiger partial charge in [-0.05, 0) is 25.3 Å². The van der Waals surface area contributed by atoms with Crippen LogP contribution in [-0.4, -0.2) is 54.8 Å². The fourth-order valence-electron chi connectivity index (χ4n) is 2.49. The maximum absolute atomic E-state index is 5.12. The van der Waals surface area contributed by atoms with Crippen LogP contribution in [-0.2, 0) is 0 Å². The van der Waals surface area contributed by atoms with Crippen molar-refractivity contribution in [1.82, 2.24) is 20.3 Å². The number of ether oxygens (including phenoxy) is 2. The molecule has 1 saturated heterocycles. The summed E-state index contributed by atoms with van der Waals surface area (Å²) in [6.07, 6.45) is 2.28. The molecule has 1 aromatic rings. The third-order valence-electron chi connectivity index (χ3n) is 3.51. The van der Waals surface area contributed by atoms with Gasteiger partial charge in [-0.2, -0.15) is 9.97 Å². The highest BCUT2D eigenvalue weighted by molar-refractivity contribution is 5.35. The molecule has 1 atom stereocenters. The van der Waals surface area contributed by atoms with Crippen molar-refractivity contribution in [2.75, 3.05) is 38.8 Å². The first-order valence-electron chi connectivity index (χ1n) is 7.45. The third kappa shape index (κ3) is 4.17. The van der Waals surface area contributed by atoms with Gasteiger partial charge in [-0.1, -0.05) is 13.8 Å². The summed E-state index contributed by atoms with van der Waals surface area (Å²) in [6, 6.07) is 0.982. The Kier molecular flexibility index (Phi) is 5.55. The summed E-state index contributed by atoms with van der Waals surface area (Å²) >= 11 is 0. The van der Waals surface area contributed by atoms with Gasteiger partial charge in [0.25, 0.3) is 0 Å². The van der Waals surface area contributed by atoms with Gasteiger partial charge in [-0.25, -0.2) is 0 Å². The molecule has 1 aliphatic heterocycles. The van der Waals surface area contributed by atoms with E-state index in [1.807, 2.05) is 0 Å². The van der Waals surface area contributed by atoms with Crippen molar-refractivity contribution in [3.05, 3.63) is 0 Å². The monoisotopic (exact) mass is 295 g/mol. The minimum absolute atomic E-state index is 0.289. The Labute approximate surface area is 126 Å². The van der Waals surface area contributed by atoms with Gasteiger partial charge in [0.15, 0.2) is 0 Å². The summed E-state index contributed by atoms with van der Waals surface area (Å²) in [5.74, 6) is 1.28. The van der Waals surface area contributed by atoms with Gasteiger partial charge in [0, 0.05) is 19.1 Å². The molecular formula is C14H25N5O2. The molecule has 0 bridgehead atoms. The van der Waals surface area contributed by atoms with Crippen LogP contribution in [0.2, 0.25) is 0 Å². The molecule has 0 aliphatic carbocycles. The van der Waals surface area contributed by atoms with E-state index in [1.54, 1.807) is 14.2 Å². The number of methoxy groups -OCH3 is 2. The molecule has 0 saturated carbocycles. The zero-order chi connectivity index (χ0) is 15.2. The van der Waals surface area contributed by atoms with E-state index in [2.05, 4.69) is 39.0 Å². The molecule has 0 aromatic carbocycles. The van der Waals surface area contributed by atoms with Crippen LogP contribution in [0.3, 0.4) is 0 Å². The van der Waals surface area contributed by atoms with Crippen molar-refractivity contribution in [3.63, 3.8) is 0 Å². The van der Waals surface area contributed by atoms with Crippen molar-refractivity contribution < 1.29 is 9.47 Å². The largest absolute Gasteiger partial charge is 0.467 e. The molecule has 1 N–H and O–H groups in total. The lowest BCUT2D eigenvalue weighted by atomic mass is 10.2. The molecule has 118 valence electrons. The number of nitrogens with zero attached hydrogens (tertiary/aromatic N) is 4. The van der Waals surface area contributed by atoms with Crippen LogP contribution in [0, 0.1) is 5.92 Å². The Hall–Kier alpha value is -1.63. The molecule has 7 nitrogen and oxygen atoms in total. The summed E-state index contributed by atoms with van der Waals surface area (Å²) in [6.45, 7) is 7.33. The molecular weight excluding hydrogens is 270 g/mol. The van der Waals surface area contributed by atoms with Crippen molar-refractivity contribution in [3.8, 4) is 12.0 Å². The maximum atomic E-state index is 5.12. The van der Waals surface area contributed by atoms with Crippen molar-refractivity contribution in [1.29, 1.82) is 0 Å². The van der Waals surface area contributed by atoms with Crippen molar-refractivity contribution in [2.24, 2.45) is 5.92 Å². The van der Waals surface area contributed by atoms with E-state index in [0.29, 0.717) is 17.9 Å². The average Bonchev–Trinajstić information content (AvgIpc) is 2.94. The second kappa shape index (κ2) is 7.40. The van der Waals surface area contributed by atoms with Crippen LogP contribution in [0.1, 0.15) is 26.7 Å². The van der Waals surface area contributed by atoms with E-state index in [1.165, 1.54) is 0 Å². The van der Waals surface area contributed by atoms with Gasteiger partial charge in [0.2, 0.25) is 5.95 Å². The van der Waals surface area contributed by atoms with Crippen LogP contribution >= 0.6 is 0 Å². The summed E-state index contributed by atoms with van der Waals surface area (Å²) in [7, 11) is 3.09. The minimum Gasteiger partial charge on any atom is -0.467 e. The topological polar surface area (TPSA) is 72.4 Å². The molecule has 1 aliphatic rings. The molecule has 1 unspecified atom stereocenters. The summed E-state index contributed by atoms with van der Waals surface area (Å²) in [5.41, 5.74) is 0. The first kappa shape index (κ1) is 15.8. The molecule has 0 radical (unpaired) electrons. The number of rotatable bonds is 7. The van der Waals surface area contributed by atoms with Crippen LogP contribution < -0.4 is 19.7 Å².